The molecule has 2 aromatic rings. The summed E-state index contributed by atoms with van der Waals surface area (Å²) in [5.41, 5.74) is 1.52. The molecule has 2 aromatic carbocycles. The number of piperidine rings is 1. The standard InChI is InChI=1S/C22H22N2O5/c1-14-7-9-23(10-8-14)13-18-19(25)6-5-17-21(26)20(29-22(17)18)12-15-3-2-4-16(11-15)24(27)28/h2-6,11-12,14,25H,7-10,13H2,1H3/p+1/b20-12+. The molecule has 1 saturated heterocycles. The van der Waals surface area contributed by atoms with Crippen molar-refractivity contribution >= 4 is 17.5 Å². The highest BCUT2D eigenvalue weighted by Gasteiger charge is 2.33. The second-order valence-corrected chi connectivity index (χ2v) is 7.84. The number of ether oxygens (including phenoxy) is 1. The number of phenols is 1. The van der Waals surface area contributed by atoms with Crippen molar-refractivity contribution in [2.75, 3.05) is 13.1 Å². The summed E-state index contributed by atoms with van der Waals surface area (Å²) in [5, 5.41) is 21.4. The molecule has 0 aromatic heterocycles. The number of ketones is 1. The van der Waals surface area contributed by atoms with Crippen LogP contribution in [0.5, 0.6) is 11.5 Å². The Bertz CT molecular complexity index is 1010. The number of carbonyl (C=O) groups is 1. The van der Waals surface area contributed by atoms with Gasteiger partial charge in [0.05, 0.1) is 29.1 Å². The van der Waals surface area contributed by atoms with E-state index in [1.165, 1.54) is 29.2 Å². The van der Waals surface area contributed by atoms with Crippen molar-refractivity contribution in [2.45, 2.75) is 26.3 Å². The van der Waals surface area contributed by atoms with Gasteiger partial charge in [0.1, 0.15) is 12.3 Å². The molecule has 2 heterocycles. The zero-order valence-electron chi connectivity index (χ0n) is 16.2. The van der Waals surface area contributed by atoms with Gasteiger partial charge in [-0.05, 0) is 42.5 Å². The summed E-state index contributed by atoms with van der Waals surface area (Å²) >= 11 is 0. The number of rotatable bonds is 4. The summed E-state index contributed by atoms with van der Waals surface area (Å²) in [6.45, 7) is 4.89. The maximum Gasteiger partial charge on any atom is 0.270 e. The van der Waals surface area contributed by atoms with E-state index in [2.05, 4.69) is 6.92 Å². The van der Waals surface area contributed by atoms with Gasteiger partial charge in [-0.25, -0.2) is 0 Å². The Hall–Kier alpha value is -3.19. The van der Waals surface area contributed by atoms with Crippen LogP contribution in [0.3, 0.4) is 0 Å². The molecule has 0 saturated carbocycles. The number of nitro benzene ring substituents is 1. The quantitative estimate of drug-likeness (QED) is 0.472. The van der Waals surface area contributed by atoms with Crippen LogP contribution in [0.1, 0.15) is 41.3 Å². The SMILES string of the molecule is CC1CC[NH+](Cc2c(O)ccc3c2O/C(=C/c2cccc([N+](=O)[O-])c2)C3=O)CC1. The third-order valence-corrected chi connectivity index (χ3v) is 5.70. The first-order chi connectivity index (χ1) is 13.9. The minimum Gasteiger partial charge on any atom is -0.507 e. The van der Waals surface area contributed by atoms with Gasteiger partial charge < -0.3 is 14.7 Å². The highest BCUT2D eigenvalue weighted by atomic mass is 16.6. The number of nitrogens with one attached hydrogen (secondary N) is 1. The lowest BCUT2D eigenvalue weighted by atomic mass is 9.98. The fraction of sp³-hybridized carbons (Fsp3) is 0.318. The molecule has 0 aliphatic carbocycles. The van der Waals surface area contributed by atoms with E-state index in [1.807, 2.05) is 0 Å². The number of non-ortho nitro benzene ring substituents is 1. The van der Waals surface area contributed by atoms with Crippen LogP contribution in [0.2, 0.25) is 0 Å². The monoisotopic (exact) mass is 395 g/mol. The third-order valence-electron chi connectivity index (χ3n) is 5.70. The number of likely N-dealkylation sites (tertiary alicyclic amines) is 1. The van der Waals surface area contributed by atoms with Crippen molar-refractivity contribution < 1.29 is 24.5 Å². The van der Waals surface area contributed by atoms with E-state index in [0.29, 0.717) is 29.0 Å². The Morgan fingerprint density at radius 1 is 1.28 bits per heavy atom. The summed E-state index contributed by atoms with van der Waals surface area (Å²) in [6.07, 6.45) is 3.79. The summed E-state index contributed by atoms with van der Waals surface area (Å²) in [7, 11) is 0. The van der Waals surface area contributed by atoms with Crippen molar-refractivity contribution in [3.63, 3.8) is 0 Å². The predicted molar refractivity (Wildman–Crippen MR) is 107 cm³/mol. The lowest BCUT2D eigenvalue weighted by Crippen LogP contribution is -3.11. The maximum absolute atomic E-state index is 12.8. The molecule has 4 rings (SSSR count). The Kier molecular flexibility index (Phi) is 5.07. The second kappa shape index (κ2) is 7.67. The number of quaternary nitrogens is 1. The minimum absolute atomic E-state index is 0.0522. The molecule has 0 amide bonds. The van der Waals surface area contributed by atoms with Gasteiger partial charge in [0, 0.05) is 12.1 Å². The number of hydrogen-bond donors (Lipinski definition) is 2. The van der Waals surface area contributed by atoms with Crippen LogP contribution in [-0.2, 0) is 6.54 Å². The summed E-state index contributed by atoms with van der Waals surface area (Å²) in [6, 6.07) is 9.14. The topological polar surface area (TPSA) is 94.1 Å². The highest BCUT2D eigenvalue weighted by Crippen LogP contribution is 2.39. The van der Waals surface area contributed by atoms with E-state index in [4.69, 9.17) is 4.74 Å². The zero-order valence-corrected chi connectivity index (χ0v) is 16.2. The zero-order chi connectivity index (χ0) is 20.5. The van der Waals surface area contributed by atoms with Crippen LogP contribution >= 0.6 is 0 Å². The van der Waals surface area contributed by atoms with Crippen LogP contribution in [0.4, 0.5) is 5.69 Å². The van der Waals surface area contributed by atoms with Gasteiger partial charge in [-0.1, -0.05) is 19.1 Å². The lowest BCUT2D eigenvalue weighted by molar-refractivity contribution is -0.919. The molecule has 2 aliphatic rings. The molecule has 1 fully saturated rings. The number of carbonyl (C=O) groups excluding carboxylic acids is 1. The Morgan fingerprint density at radius 2 is 2.03 bits per heavy atom. The van der Waals surface area contributed by atoms with E-state index in [-0.39, 0.29) is 23.0 Å². The van der Waals surface area contributed by atoms with Crippen molar-refractivity contribution in [3.05, 3.63) is 69.0 Å². The summed E-state index contributed by atoms with van der Waals surface area (Å²) < 4.78 is 5.87. The maximum atomic E-state index is 12.8. The number of nitro groups is 1. The second-order valence-electron chi connectivity index (χ2n) is 7.84. The van der Waals surface area contributed by atoms with Crippen LogP contribution in [0, 0.1) is 16.0 Å². The number of nitrogens with zero attached hydrogens (tertiary/aromatic N) is 1. The fourth-order valence-corrected chi connectivity index (χ4v) is 3.94. The number of allylic oxidation sites excluding steroid dienone is 1. The Labute approximate surface area is 168 Å². The molecule has 0 atom stereocenters. The fourth-order valence-electron chi connectivity index (χ4n) is 3.94. The van der Waals surface area contributed by atoms with Crippen LogP contribution in [-0.4, -0.2) is 28.9 Å². The van der Waals surface area contributed by atoms with Gasteiger partial charge in [-0.3, -0.25) is 14.9 Å². The number of Topliss-reactive ketones (excluding diaryl/α,β-unsaturated/α-hetero) is 1. The van der Waals surface area contributed by atoms with Crippen molar-refractivity contribution in [3.8, 4) is 11.5 Å². The van der Waals surface area contributed by atoms with Gasteiger partial charge in [0.15, 0.2) is 11.5 Å². The normalized spacial score (nSPS) is 22.4. The average molecular weight is 395 g/mol. The number of fused-ring (bicyclic) bond motifs is 1. The molecule has 7 nitrogen and oxygen atoms in total. The summed E-state index contributed by atoms with van der Waals surface area (Å²) in [4.78, 5) is 24.7. The first-order valence-corrected chi connectivity index (χ1v) is 9.79. The van der Waals surface area contributed by atoms with E-state index in [1.54, 1.807) is 18.2 Å². The molecular weight excluding hydrogens is 372 g/mol. The summed E-state index contributed by atoms with van der Waals surface area (Å²) in [5.74, 6) is 1.07. The number of phenolic OH excluding ortho intramolecular Hbond substituents is 1. The molecule has 2 N–H and O–H groups in total. The van der Waals surface area contributed by atoms with Crippen molar-refractivity contribution in [1.82, 2.24) is 0 Å². The first kappa shape index (κ1) is 19.1. The lowest BCUT2D eigenvalue weighted by Gasteiger charge is -2.27. The van der Waals surface area contributed by atoms with Gasteiger partial charge >= 0.3 is 0 Å². The molecule has 0 radical (unpaired) electrons. The third kappa shape index (κ3) is 3.86. The average Bonchev–Trinajstić information content (AvgIpc) is 3.01. The van der Waals surface area contributed by atoms with Crippen molar-refractivity contribution in [1.29, 1.82) is 0 Å². The number of benzene rings is 2. The van der Waals surface area contributed by atoms with Gasteiger partial charge in [-0.2, -0.15) is 0 Å². The largest absolute Gasteiger partial charge is 0.507 e. The van der Waals surface area contributed by atoms with Crippen LogP contribution < -0.4 is 9.64 Å². The van der Waals surface area contributed by atoms with E-state index in [0.717, 1.165) is 31.8 Å². The first-order valence-electron chi connectivity index (χ1n) is 9.79. The molecule has 7 heteroatoms. The molecule has 2 aliphatic heterocycles. The Morgan fingerprint density at radius 3 is 2.76 bits per heavy atom. The Balaban J connectivity index is 1.62. The van der Waals surface area contributed by atoms with Gasteiger partial charge in [0.2, 0.25) is 5.78 Å². The molecular formula is C22H23N2O5+. The molecule has 0 spiro atoms. The smallest absolute Gasteiger partial charge is 0.270 e. The minimum atomic E-state index is -0.480. The number of aromatic hydroxyl groups is 1. The molecule has 150 valence electrons. The van der Waals surface area contributed by atoms with Gasteiger partial charge in [-0.15, -0.1) is 0 Å². The predicted octanol–water partition coefficient (Wildman–Crippen LogP) is 2.73. The molecule has 0 unspecified atom stereocenters. The highest BCUT2D eigenvalue weighted by molar-refractivity contribution is 6.15. The van der Waals surface area contributed by atoms with E-state index < -0.39 is 4.92 Å². The van der Waals surface area contributed by atoms with E-state index in [9.17, 15) is 20.0 Å². The molecule has 0 bridgehead atoms. The molecule has 29 heavy (non-hydrogen) atoms. The van der Waals surface area contributed by atoms with Crippen LogP contribution in [0.15, 0.2) is 42.2 Å². The van der Waals surface area contributed by atoms with Gasteiger partial charge in [0.25, 0.3) is 5.69 Å². The number of hydrogen-bond acceptors (Lipinski definition) is 5. The van der Waals surface area contributed by atoms with E-state index >= 15 is 0 Å². The van der Waals surface area contributed by atoms with Crippen molar-refractivity contribution in [2.24, 2.45) is 5.92 Å². The van der Waals surface area contributed by atoms with Crippen LogP contribution in [0.25, 0.3) is 6.08 Å².